The Bertz CT molecular complexity index is 583. The number of benzene rings is 1. The summed E-state index contributed by atoms with van der Waals surface area (Å²) in [6.07, 6.45) is 0.222. The minimum absolute atomic E-state index is 0.0169. The fraction of sp³-hybridized carbons (Fsp3) is 0.533. The molecule has 0 unspecified atom stereocenters. The smallest absolute Gasteiger partial charge is 0.243 e. The number of piperazine rings is 1. The monoisotopic (exact) mass is 325 g/mol. The lowest BCUT2D eigenvalue weighted by atomic mass is 10.3. The van der Waals surface area contributed by atoms with Gasteiger partial charge in [0.25, 0.3) is 0 Å². The Morgan fingerprint density at radius 1 is 1.23 bits per heavy atom. The van der Waals surface area contributed by atoms with Gasteiger partial charge in [-0.3, -0.25) is 4.79 Å². The minimum Gasteiger partial charge on any atom is -0.340 e. The van der Waals surface area contributed by atoms with Gasteiger partial charge in [0.15, 0.2) is 0 Å². The summed E-state index contributed by atoms with van der Waals surface area (Å²) in [5.41, 5.74) is 0. The number of carbonyl (C=O) groups is 1. The number of hydrogen-bond acceptors (Lipinski definition) is 4. The van der Waals surface area contributed by atoms with Gasteiger partial charge in [-0.05, 0) is 12.1 Å². The van der Waals surface area contributed by atoms with Crippen LogP contribution in [0.5, 0.6) is 0 Å². The normalized spacial score (nSPS) is 16.0. The molecule has 1 aliphatic heterocycles. The number of nitrogens with zero attached hydrogens (tertiary/aromatic N) is 2. The summed E-state index contributed by atoms with van der Waals surface area (Å²) in [5, 5.41) is 3.19. The third-order valence-corrected chi connectivity index (χ3v) is 5.77. The molecular formula is C15H23N3O3S. The first-order chi connectivity index (χ1) is 10.6. The zero-order chi connectivity index (χ0) is 16.0. The van der Waals surface area contributed by atoms with Crippen molar-refractivity contribution in [2.75, 3.05) is 39.3 Å². The summed E-state index contributed by atoms with van der Waals surface area (Å²) < 4.78 is 26.4. The lowest BCUT2D eigenvalue weighted by Gasteiger charge is -2.28. The van der Waals surface area contributed by atoms with Gasteiger partial charge in [0, 0.05) is 45.7 Å². The highest BCUT2D eigenvalue weighted by Gasteiger charge is 2.24. The van der Waals surface area contributed by atoms with Crippen molar-refractivity contribution < 1.29 is 13.2 Å². The van der Waals surface area contributed by atoms with E-state index in [2.05, 4.69) is 5.32 Å². The van der Waals surface area contributed by atoms with Gasteiger partial charge in [-0.2, -0.15) is 4.31 Å². The molecule has 122 valence electrons. The van der Waals surface area contributed by atoms with E-state index in [0.29, 0.717) is 19.6 Å². The zero-order valence-corrected chi connectivity index (χ0v) is 13.7. The van der Waals surface area contributed by atoms with Crippen molar-refractivity contribution in [3.05, 3.63) is 30.3 Å². The highest BCUT2D eigenvalue weighted by molar-refractivity contribution is 7.89. The van der Waals surface area contributed by atoms with Crippen LogP contribution >= 0.6 is 0 Å². The van der Waals surface area contributed by atoms with Crippen LogP contribution in [0.4, 0.5) is 0 Å². The Labute approximate surface area is 132 Å². The quantitative estimate of drug-likeness (QED) is 0.828. The molecule has 1 aromatic rings. The maximum absolute atomic E-state index is 12.5. The van der Waals surface area contributed by atoms with E-state index in [1.54, 1.807) is 42.2 Å². The second-order valence-corrected chi connectivity index (χ2v) is 7.13. The Balaban J connectivity index is 1.98. The van der Waals surface area contributed by atoms with Crippen LogP contribution in [-0.2, 0) is 14.8 Å². The lowest BCUT2D eigenvalue weighted by molar-refractivity contribution is -0.131. The SMILES string of the molecule is CCN(CCC(=O)N1CCNCC1)S(=O)(=O)c1ccccc1. The van der Waals surface area contributed by atoms with Crippen LogP contribution in [0.2, 0.25) is 0 Å². The van der Waals surface area contributed by atoms with Crippen molar-refractivity contribution in [1.82, 2.24) is 14.5 Å². The van der Waals surface area contributed by atoms with Crippen molar-refractivity contribution in [2.45, 2.75) is 18.2 Å². The first-order valence-corrected chi connectivity index (χ1v) is 9.03. The van der Waals surface area contributed by atoms with Gasteiger partial charge >= 0.3 is 0 Å². The fourth-order valence-electron chi connectivity index (χ4n) is 2.48. The number of carbonyl (C=O) groups excluding carboxylic acids is 1. The molecule has 0 atom stereocenters. The predicted molar refractivity (Wildman–Crippen MR) is 84.9 cm³/mol. The summed E-state index contributed by atoms with van der Waals surface area (Å²) in [5.74, 6) is 0.0169. The Hall–Kier alpha value is -1.44. The molecule has 0 aromatic heterocycles. The number of amides is 1. The predicted octanol–water partition coefficient (Wildman–Crippen LogP) is 0.519. The highest BCUT2D eigenvalue weighted by Crippen LogP contribution is 2.15. The Morgan fingerprint density at radius 2 is 1.86 bits per heavy atom. The van der Waals surface area contributed by atoms with Gasteiger partial charge < -0.3 is 10.2 Å². The number of hydrogen-bond donors (Lipinski definition) is 1. The van der Waals surface area contributed by atoms with E-state index in [-0.39, 0.29) is 23.8 Å². The summed E-state index contributed by atoms with van der Waals surface area (Å²) in [7, 11) is -3.53. The maximum Gasteiger partial charge on any atom is 0.243 e. The average Bonchev–Trinajstić information content (AvgIpc) is 2.56. The number of rotatable bonds is 6. The van der Waals surface area contributed by atoms with E-state index in [1.807, 2.05) is 0 Å². The molecule has 0 radical (unpaired) electrons. The van der Waals surface area contributed by atoms with Gasteiger partial charge in [-0.25, -0.2) is 8.42 Å². The van der Waals surface area contributed by atoms with E-state index < -0.39 is 10.0 Å². The van der Waals surface area contributed by atoms with E-state index in [9.17, 15) is 13.2 Å². The molecule has 7 heteroatoms. The molecule has 1 aromatic carbocycles. The van der Waals surface area contributed by atoms with E-state index in [0.717, 1.165) is 13.1 Å². The summed E-state index contributed by atoms with van der Waals surface area (Å²) in [6.45, 7) is 5.34. The topological polar surface area (TPSA) is 69.7 Å². The molecule has 1 saturated heterocycles. The van der Waals surface area contributed by atoms with Gasteiger partial charge in [0.2, 0.25) is 15.9 Å². The fourth-order valence-corrected chi connectivity index (χ4v) is 3.95. The first-order valence-electron chi connectivity index (χ1n) is 7.59. The Morgan fingerprint density at radius 3 is 2.45 bits per heavy atom. The highest BCUT2D eigenvalue weighted by atomic mass is 32.2. The van der Waals surface area contributed by atoms with Gasteiger partial charge in [-0.1, -0.05) is 25.1 Å². The van der Waals surface area contributed by atoms with Crippen molar-refractivity contribution >= 4 is 15.9 Å². The average molecular weight is 325 g/mol. The van der Waals surface area contributed by atoms with Gasteiger partial charge in [-0.15, -0.1) is 0 Å². The molecule has 1 fully saturated rings. The zero-order valence-electron chi connectivity index (χ0n) is 12.9. The van der Waals surface area contributed by atoms with Gasteiger partial charge in [0.05, 0.1) is 4.90 Å². The third-order valence-electron chi connectivity index (χ3n) is 3.78. The van der Waals surface area contributed by atoms with Crippen LogP contribution in [0.1, 0.15) is 13.3 Å². The van der Waals surface area contributed by atoms with Crippen LogP contribution in [-0.4, -0.2) is 62.8 Å². The minimum atomic E-state index is -3.53. The first kappa shape index (κ1) is 16.9. The van der Waals surface area contributed by atoms with Crippen molar-refractivity contribution in [2.24, 2.45) is 0 Å². The number of sulfonamides is 1. The standard InChI is InChI=1S/C15H23N3O3S/c1-2-18(22(20,21)14-6-4-3-5-7-14)11-8-15(19)17-12-9-16-10-13-17/h3-7,16H,2,8-13H2,1H3. The summed E-state index contributed by atoms with van der Waals surface area (Å²) in [4.78, 5) is 14.2. The Kier molecular flexibility index (Phi) is 5.93. The second-order valence-electron chi connectivity index (χ2n) is 5.19. The molecule has 2 rings (SSSR count). The molecule has 0 spiro atoms. The largest absolute Gasteiger partial charge is 0.340 e. The maximum atomic E-state index is 12.5. The molecule has 1 amide bonds. The van der Waals surface area contributed by atoms with Crippen LogP contribution in [0, 0.1) is 0 Å². The molecule has 0 saturated carbocycles. The van der Waals surface area contributed by atoms with Crippen molar-refractivity contribution in [3.8, 4) is 0 Å². The third kappa shape index (κ3) is 4.06. The summed E-state index contributed by atoms with van der Waals surface area (Å²) in [6, 6.07) is 8.34. The number of nitrogens with one attached hydrogen (secondary N) is 1. The molecule has 6 nitrogen and oxygen atoms in total. The van der Waals surface area contributed by atoms with Crippen LogP contribution in [0.25, 0.3) is 0 Å². The van der Waals surface area contributed by atoms with E-state index >= 15 is 0 Å². The van der Waals surface area contributed by atoms with E-state index in [1.165, 1.54) is 4.31 Å². The molecule has 1 N–H and O–H groups in total. The molecule has 0 aliphatic carbocycles. The van der Waals surface area contributed by atoms with Crippen LogP contribution < -0.4 is 5.32 Å². The van der Waals surface area contributed by atoms with Crippen molar-refractivity contribution in [3.63, 3.8) is 0 Å². The van der Waals surface area contributed by atoms with E-state index in [4.69, 9.17) is 0 Å². The van der Waals surface area contributed by atoms with Gasteiger partial charge in [0.1, 0.15) is 0 Å². The molecule has 1 heterocycles. The summed E-state index contributed by atoms with van der Waals surface area (Å²) >= 11 is 0. The second kappa shape index (κ2) is 7.71. The molecule has 22 heavy (non-hydrogen) atoms. The van der Waals surface area contributed by atoms with Crippen molar-refractivity contribution in [1.29, 1.82) is 0 Å². The lowest BCUT2D eigenvalue weighted by Crippen LogP contribution is -2.47. The van der Waals surface area contributed by atoms with Crippen LogP contribution in [0.15, 0.2) is 35.2 Å². The van der Waals surface area contributed by atoms with Crippen LogP contribution in [0.3, 0.4) is 0 Å². The molecule has 1 aliphatic rings. The molecule has 0 bridgehead atoms. The molecular weight excluding hydrogens is 302 g/mol.